The maximum Gasteiger partial charge on any atom is 0.182 e. The number of hydrogen-bond donors (Lipinski definition) is 2. The first-order valence-electron chi connectivity index (χ1n) is 5.72. The van der Waals surface area contributed by atoms with Crippen LogP contribution < -0.4 is 11.1 Å². The van der Waals surface area contributed by atoms with E-state index >= 15 is 0 Å². The topological polar surface area (TPSA) is 38.0 Å². The molecule has 0 unspecified atom stereocenters. The Hall–Kier alpha value is -1.66. The molecule has 20 heavy (non-hydrogen) atoms. The Bertz CT molecular complexity index is 642. The number of anilines is 2. The lowest BCUT2D eigenvalue weighted by Crippen LogP contribution is -2.13. The van der Waals surface area contributed by atoms with Gasteiger partial charge in [-0.25, -0.2) is 8.78 Å². The first-order valence-corrected chi connectivity index (χ1v) is 7.35. The number of thioether (sulfide) groups is 1. The molecule has 0 spiro atoms. The summed E-state index contributed by atoms with van der Waals surface area (Å²) in [7, 11) is 0. The number of thiocarbonyl (C=S) groups is 1. The Labute approximate surface area is 125 Å². The highest BCUT2D eigenvalue weighted by atomic mass is 32.2. The van der Waals surface area contributed by atoms with E-state index in [1.165, 1.54) is 12.1 Å². The highest BCUT2D eigenvalue weighted by Gasteiger charge is 2.15. The number of nitrogens with one attached hydrogen (secondary N) is 1. The molecule has 3 N–H and O–H groups in total. The summed E-state index contributed by atoms with van der Waals surface area (Å²) >= 11 is 6.26. The Morgan fingerprint density at radius 3 is 2.30 bits per heavy atom. The summed E-state index contributed by atoms with van der Waals surface area (Å²) in [5.74, 6) is -2.03. The Morgan fingerprint density at radius 2 is 1.75 bits per heavy atom. The molecule has 0 amide bonds. The van der Waals surface area contributed by atoms with Crippen molar-refractivity contribution in [3.05, 3.63) is 53.6 Å². The molecule has 0 aliphatic rings. The second kappa shape index (κ2) is 6.19. The SMILES string of the molecule is CSc1ccc(Nc2ccc(C(N)=S)c(F)c2F)cc1. The van der Waals surface area contributed by atoms with E-state index in [2.05, 4.69) is 17.5 Å². The molecule has 6 heteroatoms. The fourth-order valence-corrected chi connectivity index (χ4v) is 2.23. The maximum absolute atomic E-state index is 13.9. The summed E-state index contributed by atoms with van der Waals surface area (Å²) in [6.07, 6.45) is 1.96. The van der Waals surface area contributed by atoms with E-state index in [1.807, 2.05) is 18.4 Å². The van der Waals surface area contributed by atoms with Crippen molar-refractivity contribution in [2.75, 3.05) is 11.6 Å². The number of hydrogen-bond acceptors (Lipinski definition) is 3. The minimum atomic E-state index is -1.04. The van der Waals surface area contributed by atoms with Crippen molar-refractivity contribution in [2.24, 2.45) is 5.73 Å². The molecule has 0 aliphatic carbocycles. The molecular formula is C14H12F2N2S2. The third-order valence-corrected chi connectivity index (χ3v) is 3.68. The van der Waals surface area contributed by atoms with Gasteiger partial charge in [0.1, 0.15) is 4.99 Å². The minimum Gasteiger partial charge on any atom is -0.389 e. The van der Waals surface area contributed by atoms with Crippen LogP contribution in [0.5, 0.6) is 0 Å². The fraction of sp³-hybridized carbons (Fsp3) is 0.0714. The van der Waals surface area contributed by atoms with Gasteiger partial charge >= 0.3 is 0 Å². The Kier molecular flexibility index (Phi) is 4.57. The molecule has 0 saturated heterocycles. The molecule has 0 fully saturated rings. The van der Waals surface area contributed by atoms with Gasteiger partial charge in [0, 0.05) is 16.1 Å². The van der Waals surface area contributed by atoms with Crippen LogP contribution in [0.1, 0.15) is 5.56 Å². The highest BCUT2D eigenvalue weighted by molar-refractivity contribution is 7.98. The number of nitrogens with two attached hydrogens (primary N) is 1. The summed E-state index contributed by atoms with van der Waals surface area (Å²) in [6.45, 7) is 0. The smallest absolute Gasteiger partial charge is 0.182 e. The first kappa shape index (κ1) is 14.7. The highest BCUT2D eigenvalue weighted by Crippen LogP contribution is 2.25. The molecule has 0 radical (unpaired) electrons. The van der Waals surface area contributed by atoms with Crippen LogP contribution in [-0.4, -0.2) is 11.2 Å². The van der Waals surface area contributed by atoms with Crippen LogP contribution in [0.2, 0.25) is 0 Å². The van der Waals surface area contributed by atoms with Gasteiger partial charge in [-0.15, -0.1) is 11.8 Å². The van der Waals surface area contributed by atoms with Crippen molar-refractivity contribution >= 4 is 40.3 Å². The summed E-state index contributed by atoms with van der Waals surface area (Å²) in [5.41, 5.74) is 5.94. The lowest BCUT2D eigenvalue weighted by molar-refractivity contribution is 0.510. The maximum atomic E-state index is 13.9. The van der Waals surface area contributed by atoms with Crippen LogP contribution in [0.15, 0.2) is 41.3 Å². The molecule has 2 rings (SSSR count). The summed E-state index contributed by atoms with van der Waals surface area (Å²) in [5, 5.41) is 2.82. The van der Waals surface area contributed by atoms with Crippen molar-refractivity contribution in [2.45, 2.75) is 4.90 Å². The van der Waals surface area contributed by atoms with Gasteiger partial charge in [0.2, 0.25) is 0 Å². The van der Waals surface area contributed by atoms with Crippen molar-refractivity contribution in [1.82, 2.24) is 0 Å². The van der Waals surface area contributed by atoms with E-state index < -0.39 is 11.6 Å². The van der Waals surface area contributed by atoms with Gasteiger partial charge in [0.15, 0.2) is 11.6 Å². The molecule has 0 atom stereocenters. The molecule has 0 aromatic heterocycles. The van der Waals surface area contributed by atoms with Crippen LogP contribution in [0, 0.1) is 11.6 Å². The fourth-order valence-electron chi connectivity index (χ4n) is 1.67. The second-order valence-electron chi connectivity index (χ2n) is 4.01. The average molecular weight is 310 g/mol. The molecule has 2 aromatic carbocycles. The normalized spacial score (nSPS) is 10.3. The molecule has 2 nitrogen and oxygen atoms in total. The van der Waals surface area contributed by atoms with Gasteiger partial charge in [-0.05, 0) is 42.7 Å². The van der Waals surface area contributed by atoms with Gasteiger partial charge in [-0.2, -0.15) is 0 Å². The van der Waals surface area contributed by atoms with Crippen LogP contribution >= 0.6 is 24.0 Å². The Balaban J connectivity index is 2.29. The molecule has 0 aliphatic heterocycles. The molecule has 0 saturated carbocycles. The van der Waals surface area contributed by atoms with E-state index in [-0.39, 0.29) is 16.2 Å². The standard InChI is InChI=1S/C14H12F2N2S2/c1-20-9-4-2-8(3-5-9)18-11-7-6-10(14(17)19)12(15)13(11)16/h2-7,18H,1H3,(H2,17,19). The average Bonchev–Trinajstić information content (AvgIpc) is 2.44. The zero-order chi connectivity index (χ0) is 14.7. The van der Waals surface area contributed by atoms with Crippen molar-refractivity contribution in [3.63, 3.8) is 0 Å². The van der Waals surface area contributed by atoms with Crippen molar-refractivity contribution in [1.29, 1.82) is 0 Å². The molecular weight excluding hydrogens is 298 g/mol. The van der Waals surface area contributed by atoms with Crippen LogP contribution in [0.25, 0.3) is 0 Å². The molecule has 2 aromatic rings. The first-order chi connectivity index (χ1) is 9.52. The van der Waals surface area contributed by atoms with Gasteiger partial charge in [0.25, 0.3) is 0 Å². The predicted molar refractivity (Wildman–Crippen MR) is 83.8 cm³/mol. The molecule has 0 heterocycles. The quantitative estimate of drug-likeness (QED) is 0.659. The monoisotopic (exact) mass is 310 g/mol. The van der Waals surface area contributed by atoms with E-state index in [0.717, 1.165) is 4.90 Å². The van der Waals surface area contributed by atoms with Crippen molar-refractivity contribution in [3.8, 4) is 0 Å². The third kappa shape index (κ3) is 3.08. The number of benzene rings is 2. The van der Waals surface area contributed by atoms with Gasteiger partial charge < -0.3 is 11.1 Å². The minimum absolute atomic E-state index is 0.0411. The summed E-state index contributed by atoms with van der Waals surface area (Å²) < 4.78 is 27.6. The number of rotatable bonds is 4. The van der Waals surface area contributed by atoms with E-state index in [4.69, 9.17) is 5.73 Å². The van der Waals surface area contributed by atoms with E-state index in [1.54, 1.807) is 23.9 Å². The van der Waals surface area contributed by atoms with E-state index in [0.29, 0.717) is 5.69 Å². The van der Waals surface area contributed by atoms with Crippen molar-refractivity contribution < 1.29 is 8.78 Å². The van der Waals surface area contributed by atoms with E-state index in [9.17, 15) is 8.78 Å². The lowest BCUT2D eigenvalue weighted by atomic mass is 10.1. The van der Waals surface area contributed by atoms with Crippen LogP contribution in [0.3, 0.4) is 0 Å². The Morgan fingerprint density at radius 1 is 1.10 bits per heavy atom. The third-order valence-electron chi connectivity index (χ3n) is 2.72. The van der Waals surface area contributed by atoms with Gasteiger partial charge in [-0.3, -0.25) is 0 Å². The van der Waals surface area contributed by atoms with Gasteiger partial charge in [0.05, 0.1) is 5.69 Å². The van der Waals surface area contributed by atoms with Crippen LogP contribution in [0.4, 0.5) is 20.2 Å². The summed E-state index contributed by atoms with van der Waals surface area (Å²) in [6, 6.07) is 10.2. The second-order valence-corrected chi connectivity index (χ2v) is 5.33. The summed E-state index contributed by atoms with van der Waals surface area (Å²) in [4.78, 5) is 0.920. The zero-order valence-corrected chi connectivity index (χ0v) is 12.2. The predicted octanol–water partition coefficient (Wildman–Crippen LogP) is 4.06. The lowest BCUT2D eigenvalue weighted by Gasteiger charge is -2.10. The zero-order valence-electron chi connectivity index (χ0n) is 10.6. The molecule has 0 bridgehead atoms. The van der Waals surface area contributed by atoms with Crippen LogP contribution in [-0.2, 0) is 0 Å². The molecule has 104 valence electrons. The van der Waals surface area contributed by atoms with Gasteiger partial charge in [-0.1, -0.05) is 12.2 Å². The largest absolute Gasteiger partial charge is 0.389 e. The number of halogens is 2.